The molecule has 0 amide bonds. The van der Waals surface area contributed by atoms with Gasteiger partial charge in [0.25, 0.3) is 0 Å². The molecule has 1 N–H and O–H groups in total. The zero-order valence-corrected chi connectivity index (χ0v) is 15.3. The van der Waals surface area contributed by atoms with E-state index in [4.69, 9.17) is 0 Å². The Bertz CT molecular complexity index is 502. The molecule has 1 nitrogen and oxygen atoms in total. The molecule has 124 valence electrons. The first-order valence-electron chi connectivity index (χ1n) is 9.73. The molecule has 0 spiro atoms. The SMILES string of the molecule is C[C@]12C[C@@H]3S[C@@H]3C[C@@H]1CC[C@@H]1[C@H]2CC[C@@]2(C)[C@H]1CC[C@]2(C)O. The fraction of sp³-hybridized carbons (Fsp3) is 1.00. The molecular formula is C20H32OS. The second-order valence-corrected chi connectivity index (χ2v) is 11.6. The van der Waals surface area contributed by atoms with E-state index >= 15 is 0 Å². The largest absolute Gasteiger partial charge is 0.390 e. The molecule has 9 atom stereocenters. The minimum Gasteiger partial charge on any atom is -0.390 e. The van der Waals surface area contributed by atoms with Crippen LogP contribution in [0.5, 0.6) is 0 Å². The molecule has 4 aliphatic carbocycles. The van der Waals surface area contributed by atoms with Crippen LogP contribution in [0.3, 0.4) is 0 Å². The predicted molar refractivity (Wildman–Crippen MR) is 92.9 cm³/mol. The minimum absolute atomic E-state index is 0.197. The van der Waals surface area contributed by atoms with E-state index in [1.807, 2.05) is 0 Å². The van der Waals surface area contributed by atoms with Crippen LogP contribution in [-0.2, 0) is 0 Å². The lowest BCUT2D eigenvalue weighted by atomic mass is 9.44. The van der Waals surface area contributed by atoms with Crippen LogP contribution in [0.2, 0.25) is 0 Å². The van der Waals surface area contributed by atoms with E-state index in [0.717, 1.165) is 40.6 Å². The van der Waals surface area contributed by atoms with Gasteiger partial charge in [0.2, 0.25) is 0 Å². The monoisotopic (exact) mass is 320 g/mol. The van der Waals surface area contributed by atoms with E-state index in [1.165, 1.54) is 44.9 Å². The molecule has 0 bridgehead atoms. The average molecular weight is 321 g/mol. The fourth-order valence-electron chi connectivity index (χ4n) is 7.76. The molecule has 0 radical (unpaired) electrons. The van der Waals surface area contributed by atoms with Crippen molar-refractivity contribution in [1.29, 1.82) is 0 Å². The maximum Gasteiger partial charge on any atom is 0.0675 e. The number of rotatable bonds is 0. The molecule has 0 aromatic carbocycles. The van der Waals surface area contributed by atoms with Gasteiger partial charge in [0.1, 0.15) is 0 Å². The molecule has 0 aromatic rings. The average Bonchev–Trinajstić information content (AvgIpc) is 3.14. The standard InChI is InChI=1S/C20H32OS/c1-18-11-17-16(22-17)10-12(18)4-5-13-14(18)6-8-19(2)15(13)7-9-20(19,3)21/h12-17,21H,4-11H2,1-3H3/t12-,13+,14+,15-,16+,17-,18-,19-,20-/m0/s1. The first-order chi connectivity index (χ1) is 10.4. The van der Waals surface area contributed by atoms with Crippen LogP contribution >= 0.6 is 11.8 Å². The minimum atomic E-state index is -0.412. The van der Waals surface area contributed by atoms with Crippen LogP contribution in [-0.4, -0.2) is 21.2 Å². The van der Waals surface area contributed by atoms with Crippen molar-refractivity contribution in [1.82, 2.24) is 0 Å². The quantitative estimate of drug-likeness (QED) is 0.642. The molecule has 5 rings (SSSR count). The van der Waals surface area contributed by atoms with Crippen LogP contribution in [0.4, 0.5) is 0 Å². The summed E-state index contributed by atoms with van der Waals surface area (Å²) in [5, 5.41) is 13.0. The van der Waals surface area contributed by atoms with Crippen molar-refractivity contribution in [2.24, 2.45) is 34.5 Å². The second kappa shape index (κ2) is 4.28. The lowest BCUT2D eigenvalue weighted by molar-refractivity contribution is -0.143. The molecule has 5 aliphatic rings. The molecule has 5 fully saturated rings. The van der Waals surface area contributed by atoms with Gasteiger partial charge in [0.05, 0.1) is 5.60 Å². The van der Waals surface area contributed by atoms with Gasteiger partial charge in [-0.05, 0) is 92.8 Å². The fourth-order valence-corrected chi connectivity index (χ4v) is 9.13. The van der Waals surface area contributed by atoms with E-state index in [2.05, 4.69) is 32.5 Å². The molecule has 1 saturated heterocycles. The van der Waals surface area contributed by atoms with Crippen LogP contribution in [0.15, 0.2) is 0 Å². The maximum absolute atomic E-state index is 11.0. The first kappa shape index (κ1) is 14.6. The normalized spacial score (nSPS) is 66.0. The maximum atomic E-state index is 11.0. The van der Waals surface area contributed by atoms with E-state index in [0.29, 0.717) is 5.41 Å². The summed E-state index contributed by atoms with van der Waals surface area (Å²) in [6, 6.07) is 0. The number of aliphatic hydroxyl groups is 1. The molecule has 22 heavy (non-hydrogen) atoms. The Morgan fingerprint density at radius 3 is 2.50 bits per heavy atom. The molecule has 0 aromatic heterocycles. The highest BCUT2D eigenvalue weighted by molar-refractivity contribution is 8.07. The number of hydrogen-bond donors (Lipinski definition) is 1. The van der Waals surface area contributed by atoms with Gasteiger partial charge in [-0.25, -0.2) is 0 Å². The zero-order chi connectivity index (χ0) is 15.3. The molecule has 1 heterocycles. The molecule has 0 unspecified atom stereocenters. The van der Waals surface area contributed by atoms with Gasteiger partial charge in [-0.3, -0.25) is 0 Å². The Morgan fingerprint density at radius 2 is 1.68 bits per heavy atom. The van der Waals surface area contributed by atoms with Crippen molar-refractivity contribution in [2.75, 3.05) is 0 Å². The first-order valence-corrected chi connectivity index (χ1v) is 10.7. The number of thioether (sulfide) groups is 1. The lowest BCUT2D eigenvalue weighted by Crippen LogP contribution is -2.56. The Labute approximate surface area is 140 Å². The molecule has 1 aliphatic heterocycles. The second-order valence-electron chi connectivity index (χ2n) is 10.1. The van der Waals surface area contributed by atoms with Crippen molar-refractivity contribution in [3.63, 3.8) is 0 Å². The van der Waals surface area contributed by atoms with E-state index < -0.39 is 5.60 Å². The van der Waals surface area contributed by atoms with Crippen LogP contribution in [0, 0.1) is 34.5 Å². The number of fused-ring (bicyclic) bond motifs is 6. The van der Waals surface area contributed by atoms with Crippen molar-refractivity contribution in [2.45, 2.75) is 88.2 Å². The highest BCUT2D eigenvalue weighted by Gasteiger charge is 2.65. The van der Waals surface area contributed by atoms with E-state index in [9.17, 15) is 5.11 Å². The van der Waals surface area contributed by atoms with Crippen molar-refractivity contribution in [3.8, 4) is 0 Å². The van der Waals surface area contributed by atoms with Crippen LogP contribution in [0.25, 0.3) is 0 Å². The summed E-state index contributed by atoms with van der Waals surface area (Å²) >= 11 is 2.28. The predicted octanol–water partition coefficient (Wildman–Crippen LogP) is 4.87. The molecule has 4 saturated carbocycles. The summed E-state index contributed by atoms with van der Waals surface area (Å²) in [4.78, 5) is 0. The van der Waals surface area contributed by atoms with Gasteiger partial charge >= 0.3 is 0 Å². The Kier molecular flexibility index (Phi) is 2.85. The van der Waals surface area contributed by atoms with Gasteiger partial charge in [-0.15, -0.1) is 0 Å². The zero-order valence-electron chi connectivity index (χ0n) is 14.5. The van der Waals surface area contributed by atoms with Crippen LogP contribution < -0.4 is 0 Å². The highest BCUT2D eigenvalue weighted by atomic mass is 32.2. The van der Waals surface area contributed by atoms with Gasteiger partial charge in [0, 0.05) is 10.5 Å². The van der Waals surface area contributed by atoms with Crippen LogP contribution in [0.1, 0.15) is 72.1 Å². The lowest BCUT2D eigenvalue weighted by Gasteiger charge is -2.60. The van der Waals surface area contributed by atoms with Gasteiger partial charge in [-0.2, -0.15) is 11.8 Å². The van der Waals surface area contributed by atoms with E-state index in [-0.39, 0.29) is 5.41 Å². The summed E-state index contributed by atoms with van der Waals surface area (Å²) < 4.78 is 0. The summed E-state index contributed by atoms with van der Waals surface area (Å²) in [7, 11) is 0. The summed E-state index contributed by atoms with van der Waals surface area (Å²) in [5.74, 6) is 3.68. The summed E-state index contributed by atoms with van der Waals surface area (Å²) in [6.07, 6.45) is 11.0. The third kappa shape index (κ3) is 1.67. The third-order valence-corrected chi connectivity index (χ3v) is 10.9. The topological polar surface area (TPSA) is 20.2 Å². The number of hydrogen-bond acceptors (Lipinski definition) is 2. The van der Waals surface area contributed by atoms with Crippen molar-refractivity contribution < 1.29 is 5.11 Å². The third-order valence-electron chi connectivity index (χ3n) is 9.47. The smallest absolute Gasteiger partial charge is 0.0675 e. The van der Waals surface area contributed by atoms with Gasteiger partial charge < -0.3 is 5.11 Å². The van der Waals surface area contributed by atoms with Gasteiger partial charge in [0.15, 0.2) is 0 Å². The summed E-state index contributed by atoms with van der Waals surface area (Å²) in [6.45, 7) is 7.22. The highest BCUT2D eigenvalue weighted by Crippen LogP contribution is 2.71. The Balaban J connectivity index is 1.48. The summed E-state index contributed by atoms with van der Waals surface area (Å²) in [5.41, 5.74) is 0.413. The van der Waals surface area contributed by atoms with Crippen molar-refractivity contribution in [3.05, 3.63) is 0 Å². The Hall–Kier alpha value is 0.310. The van der Waals surface area contributed by atoms with Crippen molar-refractivity contribution >= 4 is 11.8 Å². The van der Waals surface area contributed by atoms with Gasteiger partial charge in [-0.1, -0.05) is 13.8 Å². The molecular weight excluding hydrogens is 288 g/mol. The molecule has 2 heteroatoms. The van der Waals surface area contributed by atoms with E-state index in [1.54, 1.807) is 0 Å². The Morgan fingerprint density at radius 1 is 0.909 bits per heavy atom.